The average Bonchev–Trinajstić information content (AvgIpc) is 2.39. The lowest BCUT2D eigenvalue weighted by atomic mass is 10.0. The maximum Gasteiger partial charge on any atom is 0.256 e. The molecule has 0 radical (unpaired) electrons. The van der Waals surface area contributed by atoms with Crippen molar-refractivity contribution in [2.24, 2.45) is 5.73 Å². The first-order chi connectivity index (χ1) is 8.84. The molecule has 0 saturated carbocycles. The van der Waals surface area contributed by atoms with E-state index in [9.17, 15) is 9.18 Å². The van der Waals surface area contributed by atoms with Crippen molar-refractivity contribution in [1.29, 1.82) is 0 Å². The van der Waals surface area contributed by atoms with Crippen molar-refractivity contribution in [3.05, 3.63) is 29.6 Å². The Balaban J connectivity index is 2.98. The Labute approximate surface area is 117 Å². The predicted molar refractivity (Wildman–Crippen MR) is 76.6 cm³/mol. The van der Waals surface area contributed by atoms with E-state index in [1.54, 1.807) is 6.92 Å². The van der Waals surface area contributed by atoms with Crippen LogP contribution < -0.4 is 11.1 Å². The van der Waals surface area contributed by atoms with Crippen LogP contribution >= 0.6 is 12.2 Å². The number of hydrogen-bond donors (Lipinski definition) is 2. The van der Waals surface area contributed by atoms with Gasteiger partial charge in [0.15, 0.2) is 0 Å². The smallest absolute Gasteiger partial charge is 0.256 e. The maximum atomic E-state index is 13.4. The predicted octanol–water partition coefficient (Wildman–Crippen LogP) is 2.21. The molecule has 0 aromatic heterocycles. The normalized spacial score (nSPS) is 13.7. The molecule has 19 heavy (non-hydrogen) atoms. The largest absolute Gasteiger partial charge is 0.389 e. The van der Waals surface area contributed by atoms with Gasteiger partial charge in [-0.25, -0.2) is 4.39 Å². The first-order valence-corrected chi connectivity index (χ1v) is 6.21. The van der Waals surface area contributed by atoms with Gasteiger partial charge >= 0.3 is 0 Å². The van der Waals surface area contributed by atoms with Crippen LogP contribution in [0.25, 0.3) is 0 Å². The van der Waals surface area contributed by atoms with Crippen LogP contribution in [0, 0.1) is 5.82 Å². The van der Waals surface area contributed by atoms with Crippen LogP contribution in [0.2, 0.25) is 0 Å². The van der Waals surface area contributed by atoms with E-state index < -0.39 is 11.4 Å². The molecule has 0 fully saturated rings. The summed E-state index contributed by atoms with van der Waals surface area (Å²) in [6.45, 7) is 3.52. The Morgan fingerprint density at radius 1 is 1.58 bits per heavy atom. The lowest BCUT2D eigenvalue weighted by molar-refractivity contribution is -0.136. The standard InChI is InChI=1S/C13H17FN2O2S/c1-4-13(2,18-3)12(17)16-8-5-6-10(14)9(7-8)11(15)19/h5-7H,4H2,1-3H3,(H2,15,19)(H,16,17). The van der Waals surface area contributed by atoms with Crippen LogP contribution in [0.1, 0.15) is 25.8 Å². The zero-order valence-electron chi connectivity index (χ0n) is 11.1. The molecule has 3 N–H and O–H groups in total. The fourth-order valence-corrected chi connectivity index (χ4v) is 1.61. The number of rotatable bonds is 5. The van der Waals surface area contributed by atoms with Crippen LogP contribution in [0.5, 0.6) is 0 Å². The second kappa shape index (κ2) is 6.08. The second-order valence-corrected chi connectivity index (χ2v) is 4.74. The third-order valence-corrected chi connectivity index (χ3v) is 3.32. The molecule has 0 bridgehead atoms. The molecule has 1 atom stereocenters. The lowest BCUT2D eigenvalue weighted by Gasteiger charge is -2.25. The molecule has 1 aromatic carbocycles. The van der Waals surface area contributed by atoms with Crippen molar-refractivity contribution < 1.29 is 13.9 Å². The van der Waals surface area contributed by atoms with E-state index in [1.165, 1.54) is 25.3 Å². The SMILES string of the molecule is CCC(C)(OC)C(=O)Nc1ccc(F)c(C(N)=S)c1. The zero-order chi connectivity index (χ0) is 14.6. The highest BCUT2D eigenvalue weighted by molar-refractivity contribution is 7.80. The molecule has 104 valence electrons. The highest BCUT2D eigenvalue weighted by Gasteiger charge is 2.31. The van der Waals surface area contributed by atoms with Crippen LogP contribution in [-0.4, -0.2) is 23.6 Å². The first kappa shape index (κ1) is 15.5. The number of methoxy groups -OCH3 is 1. The fraction of sp³-hybridized carbons (Fsp3) is 0.385. The molecule has 0 aliphatic carbocycles. The summed E-state index contributed by atoms with van der Waals surface area (Å²) in [6, 6.07) is 4.06. The number of nitrogens with two attached hydrogens (primary N) is 1. The van der Waals surface area contributed by atoms with Gasteiger partial charge < -0.3 is 15.8 Å². The summed E-state index contributed by atoms with van der Waals surface area (Å²) in [6.07, 6.45) is 0.513. The van der Waals surface area contributed by atoms with Gasteiger partial charge in [-0.05, 0) is 31.5 Å². The highest BCUT2D eigenvalue weighted by atomic mass is 32.1. The molecule has 0 aliphatic heterocycles. The number of halogens is 1. The van der Waals surface area contributed by atoms with Gasteiger partial charge in [-0.3, -0.25) is 4.79 Å². The highest BCUT2D eigenvalue weighted by Crippen LogP contribution is 2.19. The van der Waals surface area contributed by atoms with Crippen molar-refractivity contribution in [1.82, 2.24) is 0 Å². The molecular formula is C13H17FN2O2S. The molecule has 1 aromatic rings. The van der Waals surface area contributed by atoms with Gasteiger partial charge in [-0.2, -0.15) is 0 Å². The van der Waals surface area contributed by atoms with Crippen LogP contribution in [0.15, 0.2) is 18.2 Å². The minimum absolute atomic E-state index is 0.0569. The molecule has 0 heterocycles. The quantitative estimate of drug-likeness (QED) is 0.814. The van der Waals surface area contributed by atoms with Gasteiger partial charge in [0.05, 0.1) is 0 Å². The van der Waals surface area contributed by atoms with Crippen molar-refractivity contribution in [3.63, 3.8) is 0 Å². The van der Waals surface area contributed by atoms with E-state index >= 15 is 0 Å². The Morgan fingerprint density at radius 3 is 2.68 bits per heavy atom. The Kier molecular flexibility index (Phi) is 4.97. The molecule has 0 spiro atoms. The van der Waals surface area contributed by atoms with Crippen LogP contribution in [-0.2, 0) is 9.53 Å². The van der Waals surface area contributed by atoms with Crippen molar-refractivity contribution in [2.75, 3.05) is 12.4 Å². The third-order valence-electron chi connectivity index (χ3n) is 3.10. The third kappa shape index (κ3) is 3.48. The van der Waals surface area contributed by atoms with E-state index in [2.05, 4.69) is 5.32 Å². The summed E-state index contributed by atoms with van der Waals surface area (Å²) < 4.78 is 18.6. The van der Waals surface area contributed by atoms with Crippen LogP contribution in [0.3, 0.4) is 0 Å². The number of ether oxygens (including phenoxy) is 1. The number of hydrogen-bond acceptors (Lipinski definition) is 3. The van der Waals surface area contributed by atoms with Gasteiger partial charge in [0.1, 0.15) is 16.4 Å². The number of thiocarbonyl (C=S) groups is 1. The van der Waals surface area contributed by atoms with Gasteiger partial charge in [0.25, 0.3) is 5.91 Å². The van der Waals surface area contributed by atoms with Gasteiger partial charge in [0.2, 0.25) is 0 Å². The first-order valence-electron chi connectivity index (χ1n) is 5.80. The lowest BCUT2D eigenvalue weighted by Crippen LogP contribution is -2.41. The molecule has 1 amide bonds. The number of amides is 1. The number of anilines is 1. The van der Waals surface area contributed by atoms with Crippen molar-refractivity contribution in [3.8, 4) is 0 Å². The average molecular weight is 284 g/mol. The van der Waals surface area contributed by atoms with E-state index in [0.717, 1.165) is 0 Å². The Bertz CT molecular complexity index is 501. The number of nitrogens with one attached hydrogen (secondary N) is 1. The zero-order valence-corrected chi connectivity index (χ0v) is 11.9. The summed E-state index contributed by atoms with van der Waals surface area (Å²) in [4.78, 5) is 12.0. The van der Waals surface area contributed by atoms with Crippen LogP contribution in [0.4, 0.5) is 10.1 Å². The Morgan fingerprint density at radius 2 is 2.21 bits per heavy atom. The summed E-state index contributed by atoms with van der Waals surface area (Å²) in [7, 11) is 1.47. The number of carbonyl (C=O) groups excluding carboxylic acids is 1. The number of carbonyl (C=O) groups is 1. The Hall–Kier alpha value is -1.53. The van der Waals surface area contributed by atoms with Gasteiger partial charge in [0, 0.05) is 18.4 Å². The summed E-state index contributed by atoms with van der Waals surface area (Å²) in [5.41, 5.74) is 5.00. The maximum absolute atomic E-state index is 13.4. The van der Waals surface area contributed by atoms with Crippen molar-refractivity contribution >= 4 is 28.8 Å². The monoisotopic (exact) mass is 284 g/mol. The number of benzene rings is 1. The molecular weight excluding hydrogens is 267 g/mol. The van der Waals surface area contributed by atoms with E-state index in [4.69, 9.17) is 22.7 Å². The van der Waals surface area contributed by atoms with Gasteiger partial charge in [-0.15, -0.1) is 0 Å². The molecule has 0 saturated heterocycles. The summed E-state index contributed by atoms with van der Waals surface area (Å²) >= 11 is 4.74. The molecule has 4 nitrogen and oxygen atoms in total. The minimum Gasteiger partial charge on any atom is -0.389 e. The van der Waals surface area contributed by atoms with Gasteiger partial charge in [-0.1, -0.05) is 19.1 Å². The van der Waals surface area contributed by atoms with Crippen molar-refractivity contribution in [2.45, 2.75) is 25.9 Å². The topological polar surface area (TPSA) is 64.3 Å². The molecule has 1 rings (SSSR count). The molecule has 0 aliphatic rings. The molecule has 1 unspecified atom stereocenters. The summed E-state index contributed by atoms with van der Waals surface area (Å²) in [5.74, 6) is -0.825. The van der Waals surface area contributed by atoms with E-state index in [1.807, 2.05) is 6.92 Å². The second-order valence-electron chi connectivity index (χ2n) is 4.30. The van der Waals surface area contributed by atoms with E-state index in [-0.39, 0.29) is 16.5 Å². The van der Waals surface area contributed by atoms with E-state index in [0.29, 0.717) is 12.1 Å². The molecule has 6 heteroatoms. The fourth-order valence-electron chi connectivity index (χ4n) is 1.45. The summed E-state index contributed by atoms with van der Waals surface area (Å²) in [5, 5.41) is 2.66. The minimum atomic E-state index is -0.933.